The van der Waals surface area contributed by atoms with E-state index in [2.05, 4.69) is 38.3 Å². The highest BCUT2D eigenvalue weighted by Crippen LogP contribution is 2.32. The third-order valence-electron chi connectivity index (χ3n) is 6.28. The number of carbonyl (C=O) groups excluding carboxylic acids is 1. The molecule has 1 N–H and O–H groups in total. The van der Waals surface area contributed by atoms with Crippen LogP contribution in [0.2, 0.25) is 0 Å². The van der Waals surface area contributed by atoms with Crippen LogP contribution < -0.4 is 5.32 Å². The van der Waals surface area contributed by atoms with Gasteiger partial charge in [-0.3, -0.25) is 14.7 Å². The number of amides is 1. The van der Waals surface area contributed by atoms with E-state index in [4.69, 9.17) is 0 Å². The normalized spacial score (nSPS) is 16.2. The third kappa shape index (κ3) is 6.28. The molecule has 0 bridgehead atoms. The number of hydrogen-bond acceptors (Lipinski definition) is 5. The van der Waals surface area contributed by atoms with Crippen LogP contribution in [0.15, 0.2) is 42.7 Å². The molecule has 31 heavy (non-hydrogen) atoms. The molecule has 0 atom stereocenters. The number of nitrogens with one attached hydrogen (secondary N) is 1. The number of fused-ring (bicyclic) bond motifs is 1. The van der Waals surface area contributed by atoms with Crippen molar-refractivity contribution in [2.45, 2.75) is 32.4 Å². The smallest absolute Gasteiger partial charge is 0.242 e. The third-order valence-corrected chi connectivity index (χ3v) is 6.28. The molecule has 1 aromatic carbocycles. The number of likely N-dealkylation sites (N-methyl/N-ethyl adjacent to an activating group) is 1. The quantitative estimate of drug-likeness (QED) is 0.639. The van der Waals surface area contributed by atoms with E-state index in [1.165, 1.54) is 30.5 Å². The van der Waals surface area contributed by atoms with Crippen molar-refractivity contribution in [3.05, 3.63) is 59.4 Å². The van der Waals surface area contributed by atoms with E-state index < -0.39 is 0 Å². The molecule has 2 heterocycles. The summed E-state index contributed by atoms with van der Waals surface area (Å²) in [7, 11) is 4.08. The van der Waals surface area contributed by atoms with Gasteiger partial charge in [0.15, 0.2) is 0 Å². The van der Waals surface area contributed by atoms with E-state index in [0.717, 1.165) is 43.2 Å². The molecule has 166 valence electrons. The van der Waals surface area contributed by atoms with Crippen LogP contribution in [0.3, 0.4) is 0 Å². The number of benzene rings is 1. The highest BCUT2D eigenvalue weighted by atomic mass is 16.2. The molecule has 0 radical (unpaired) electrons. The van der Waals surface area contributed by atoms with Crippen molar-refractivity contribution in [3.63, 3.8) is 0 Å². The molecule has 4 rings (SSSR count). The van der Waals surface area contributed by atoms with Crippen LogP contribution >= 0.6 is 0 Å². The molecule has 1 aliphatic heterocycles. The molecule has 6 heteroatoms. The highest BCUT2D eigenvalue weighted by Gasteiger charge is 2.27. The second kappa shape index (κ2) is 10.2. The summed E-state index contributed by atoms with van der Waals surface area (Å²) < 4.78 is 0. The van der Waals surface area contributed by atoms with Crippen molar-refractivity contribution in [1.82, 2.24) is 19.7 Å². The number of nitrogens with zero attached hydrogens (tertiary/aromatic N) is 4. The summed E-state index contributed by atoms with van der Waals surface area (Å²) in [6.45, 7) is 5.87. The zero-order valence-corrected chi connectivity index (χ0v) is 18.9. The number of carbonyl (C=O) groups is 1. The molecule has 1 aromatic heterocycles. The van der Waals surface area contributed by atoms with Crippen LogP contribution in [0.1, 0.15) is 29.5 Å². The van der Waals surface area contributed by atoms with E-state index in [1.807, 2.05) is 31.1 Å². The molecule has 1 fully saturated rings. The van der Waals surface area contributed by atoms with Gasteiger partial charge in [0.2, 0.25) is 5.91 Å². The Hall–Kier alpha value is -2.44. The predicted octanol–water partition coefficient (Wildman–Crippen LogP) is 2.85. The predicted molar refractivity (Wildman–Crippen MR) is 125 cm³/mol. The maximum Gasteiger partial charge on any atom is 0.242 e. The maximum atomic E-state index is 13.1. The van der Waals surface area contributed by atoms with Gasteiger partial charge in [-0.1, -0.05) is 12.1 Å². The summed E-state index contributed by atoms with van der Waals surface area (Å²) >= 11 is 0. The molecule has 0 saturated heterocycles. The minimum atomic E-state index is 0.127. The molecule has 0 unspecified atom stereocenters. The van der Waals surface area contributed by atoms with Crippen molar-refractivity contribution in [2.24, 2.45) is 5.92 Å². The van der Waals surface area contributed by atoms with Gasteiger partial charge in [-0.25, -0.2) is 0 Å². The van der Waals surface area contributed by atoms with Crippen LogP contribution in [-0.2, 0) is 24.3 Å². The first kappa shape index (κ1) is 21.8. The molecule has 2 aliphatic rings. The summed E-state index contributed by atoms with van der Waals surface area (Å²) in [6.07, 6.45) is 7.42. The number of hydrogen-bond donors (Lipinski definition) is 1. The van der Waals surface area contributed by atoms with Crippen LogP contribution in [-0.4, -0.2) is 72.4 Å². The summed E-state index contributed by atoms with van der Waals surface area (Å²) in [5, 5.41) is 3.46. The van der Waals surface area contributed by atoms with Gasteiger partial charge in [0.25, 0.3) is 0 Å². The molecule has 0 spiro atoms. The zero-order chi connectivity index (χ0) is 21.6. The fraction of sp³-hybridized carbons (Fsp3) is 0.520. The van der Waals surface area contributed by atoms with Crippen molar-refractivity contribution < 1.29 is 4.79 Å². The van der Waals surface area contributed by atoms with Gasteiger partial charge in [-0.05, 0) is 74.2 Å². The molecule has 6 nitrogen and oxygen atoms in total. The Labute approximate surface area is 186 Å². The first-order valence-electron chi connectivity index (χ1n) is 11.5. The van der Waals surface area contributed by atoms with Gasteiger partial charge >= 0.3 is 0 Å². The molecule has 1 aliphatic carbocycles. The SMILES string of the molecule is CN(C)CCN(Cc1ccncc1)C(=O)CNc1cccc2c1CCN(CC1CC1)C2. The molecular weight excluding hydrogens is 386 g/mol. The fourth-order valence-corrected chi connectivity index (χ4v) is 4.26. The standard InChI is InChI=1S/C25H35N5O/c1-28(2)14-15-30(18-21-8-11-26-12-9-21)25(31)16-27-24-5-3-4-22-19-29(13-10-23(22)24)17-20-6-7-20/h3-5,8-9,11-12,20,27H,6-7,10,13-19H2,1-2H3. The maximum absolute atomic E-state index is 13.1. The van der Waals surface area contributed by atoms with E-state index in [0.29, 0.717) is 19.6 Å². The van der Waals surface area contributed by atoms with E-state index in [9.17, 15) is 4.79 Å². The van der Waals surface area contributed by atoms with Crippen molar-refractivity contribution in [1.29, 1.82) is 0 Å². The monoisotopic (exact) mass is 421 g/mol. The van der Waals surface area contributed by atoms with Crippen molar-refractivity contribution in [2.75, 3.05) is 52.1 Å². The average Bonchev–Trinajstić information content (AvgIpc) is 3.59. The van der Waals surface area contributed by atoms with Crippen LogP contribution in [0.4, 0.5) is 5.69 Å². The lowest BCUT2D eigenvalue weighted by Crippen LogP contribution is -2.39. The number of anilines is 1. The number of rotatable bonds is 10. The second-order valence-corrected chi connectivity index (χ2v) is 9.20. The second-order valence-electron chi connectivity index (χ2n) is 9.20. The lowest BCUT2D eigenvalue weighted by atomic mass is 9.97. The summed E-state index contributed by atoms with van der Waals surface area (Å²) in [6, 6.07) is 10.4. The largest absolute Gasteiger partial charge is 0.376 e. The Morgan fingerprint density at radius 3 is 2.71 bits per heavy atom. The first-order valence-corrected chi connectivity index (χ1v) is 11.5. The van der Waals surface area contributed by atoms with Crippen LogP contribution in [0.5, 0.6) is 0 Å². The van der Waals surface area contributed by atoms with Gasteiger partial charge in [0.05, 0.1) is 6.54 Å². The minimum Gasteiger partial charge on any atom is -0.376 e. The summed E-state index contributed by atoms with van der Waals surface area (Å²) in [4.78, 5) is 23.8. The molecule has 1 amide bonds. The van der Waals surface area contributed by atoms with E-state index >= 15 is 0 Å². The van der Waals surface area contributed by atoms with Gasteiger partial charge < -0.3 is 15.1 Å². The minimum absolute atomic E-state index is 0.127. The Morgan fingerprint density at radius 1 is 1.16 bits per heavy atom. The van der Waals surface area contributed by atoms with Gasteiger partial charge in [0, 0.05) is 57.3 Å². The Kier molecular flexibility index (Phi) is 7.20. The Balaban J connectivity index is 1.38. The Bertz CT molecular complexity index is 865. The van der Waals surface area contributed by atoms with E-state index in [-0.39, 0.29) is 5.91 Å². The Morgan fingerprint density at radius 2 is 1.97 bits per heavy atom. The van der Waals surface area contributed by atoms with Gasteiger partial charge in [-0.15, -0.1) is 0 Å². The van der Waals surface area contributed by atoms with Gasteiger partial charge in [0.1, 0.15) is 0 Å². The van der Waals surface area contributed by atoms with Crippen molar-refractivity contribution in [3.8, 4) is 0 Å². The molecule has 1 saturated carbocycles. The topological polar surface area (TPSA) is 51.7 Å². The van der Waals surface area contributed by atoms with Crippen LogP contribution in [0, 0.1) is 5.92 Å². The fourth-order valence-electron chi connectivity index (χ4n) is 4.26. The van der Waals surface area contributed by atoms with Crippen molar-refractivity contribution >= 4 is 11.6 Å². The average molecular weight is 422 g/mol. The van der Waals surface area contributed by atoms with Gasteiger partial charge in [-0.2, -0.15) is 0 Å². The molecular formula is C25H35N5O. The summed E-state index contributed by atoms with van der Waals surface area (Å²) in [5.74, 6) is 1.05. The number of pyridine rings is 1. The zero-order valence-electron chi connectivity index (χ0n) is 18.9. The lowest BCUT2D eigenvalue weighted by Gasteiger charge is -2.30. The highest BCUT2D eigenvalue weighted by molar-refractivity contribution is 5.81. The first-order chi connectivity index (χ1) is 15.1. The van der Waals surface area contributed by atoms with E-state index in [1.54, 1.807) is 12.4 Å². The number of aromatic nitrogens is 1. The molecule has 2 aromatic rings. The summed E-state index contributed by atoms with van der Waals surface area (Å²) in [5.41, 5.74) is 5.02. The lowest BCUT2D eigenvalue weighted by molar-refractivity contribution is -0.130. The van der Waals surface area contributed by atoms with Crippen LogP contribution in [0.25, 0.3) is 0 Å².